The van der Waals surface area contributed by atoms with Crippen molar-refractivity contribution in [3.63, 3.8) is 0 Å². The summed E-state index contributed by atoms with van der Waals surface area (Å²) in [6, 6.07) is 0. The predicted octanol–water partition coefficient (Wildman–Crippen LogP) is 1.40. The number of aliphatic hydroxyl groups is 1. The van der Waals surface area contributed by atoms with Crippen molar-refractivity contribution in [3.8, 4) is 0 Å². The van der Waals surface area contributed by atoms with Crippen LogP contribution in [0.5, 0.6) is 0 Å². The monoisotopic (exact) mass is 213 g/mol. The van der Waals surface area contributed by atoms with Crippen molar-refractivity contribution in [1.82, 2.24) is 4.90 Å². The normalized spacial score (nSPS) is 34.0. The van der Waals surface area contributed by atoms with Gasteiger partial charge in [-0.25, -0.2) is 0 Å². The fourth-order valence-electron chi connectivity index (χ4n) is 2.51. The Hall–Kier alpha value is -0.120. The molecule has 2 aliphatic rings. The maximum Gasteiger partial charge on any atom is 0.0628 e. The Bertz CT molecular complexity index is 184. The van der Waals surface area contributed by atoms with Crippen LogP contribution >= 0.6 is 0 Å². The van der Waals surface area contributed by atoms with Crippen molar-refractivity contribution < 1.29 is 9.84 Å². The van der Waals surface area contributed by atoms with E-state index in [4.69, 9.17) is 4.74 Å². The van der Waals surface area contributed by atoms with Gasteiger partial charge in [0.05, 0.1) is 18.3 Å². The number of ether oxygens (including phenoxy) is 1. The van der Waals surface area contributed by atoms with Gasteiger partial charge in [0, 0.05) is 13.1 Å². The summed E-state index contributed by atoms with van der Waals surface area (Å²) < 4.78 is 5.94. The van der Waals surface area contributed by atoms with Crippen molar-refractivity contribution in [2.45, 2.75) is 57.3 Å². The van der Waals surface area contributed by atoms with Crippen LogP contribution in [-0.2, 0) is 4.74 Å². The maximum atomic E-state index is 9.17. The fourth-order valence-corrected chi connectivity index (χ4v) is 2.51. The second-order valence-corrected chi connectivity index (χ2v) is 4.92. The van der Waals surface area contributed by atoms with Crippen LogP contribution in [0, 0.1) is 0 Å². The van der Waals surface area contributed by atoms with E-state index < -0.39 is 0 Å². The molecule has 1 aliphatic carbocycles. The third-order valence-electron chi connectivity index (χ3n) is 3.53. The average molecular weight is 213 g/mol. The minimum absolute atomic E-state index is 0.0878. The van der Waals surface area contributed by atoms with E-state index in [1.807, 2.05) is 0 Å². The molecule has 0 spiro atoms. The zero-order chi connectivity index (χ0) is 10.7. The van der Waals surface area contributed by atoms with Crippen LogP contribution in [0.15, 0.2) is 0 Å². The molecule has 2 fully saturated rings. The van der Waals surface area contributed by atoms with Crippen LogP contribution in [0.2, 0.25) is 0 Å². The molecule has 0 aromatic rings. The second kappa shape index (κ2) is 5.28. The minimum atomic E-state index is -0.0878. The summed E-state index contributed by atoms with van der Waals surface area (Å²) in [5, 5.41) is 9.17. The molecule has 1 aliphatic heterocycles. The summed E-state index contributed by atoms with van der Waals surface area (Å²) in [6.07, 6.45) is 6.03. The molecule has 3 heteroatoms. The first-order chi connectivity index (χ1) is 7.28. The van der Waals surface area contributed by atoms with Gasteiger partial charge in [-0.1, -0.05) is 6.92 Å². The first-order valence-electron chi connectivity index (χ1n) is 6.33. The Morgan fingerprint density at radius 3 is 2.40 bits per heavy atom. The number of hydrogen-bond donors (Lipinski definition) is 1. The molecule has 0 aromatic carbocycles. The molecule has 1 heterocycles. The maximum absolute atomic E-state index is 9.17. The molecule has 1 saturated heterocycles. The van der Waals surface area contributed by atoms with E-state index in [1.165, 1.54) is 38.9 Å². The second-order valence-electron chi connectivity index (χ2n) is 4.92. The van der Waals surface area contributed by atoms with Crippen LogP contribution in [0.3, 0.4) is 0 Å². The number of nitrogens with zero attached hydrogens (tertiary/aromatic N) is 1. The highest BCUT2D eigenvalue weighted by molar-refractivity contribution is 4.82. The molecule has 88 valence electrons. The smallest absolute Gasteiger partial charge is 0.0628 e. The largest absolute Gasteiger partial charge is 0.393 e. The summed E-state index contributed by atoms with van der Waals surface area (Å²) in [7, 11) is 0. The van der Waals surface area contributed by atoms with Gasteiger partial charge in [-0.2, -0.15) is 0 Å². The van der Waals surface area contributed by atoms with E-state index in [-0.39, 0.29) is 6.10 Å². The van der Waals surface area contributed by atoms with Gasteiger partial charge in [0.15, 0.2) is 0 Å². The van der Waals surface area contributed by atoms with Gasteiger partial charge in [-0.05, 0) is 38.6 Å². The Balaban J connectivity index is 1.61. The van der Waals surface area contributed by atoms with Gasteiger partial charge in [-0.3, -0.25) is 0 Å². The quantitative estimate of drug-likeness (QED) is 0.766. The molecule has 15 heavy (non-hydrogen) atoms. The van der Waals surface area contributed by atoms with Crippen LogP contribution in [-0.4, -0.2) is 48.0 Å². The molecule has 0 aromatic heterocycles. The third-order valence-corrected chi connectivity index (χ3v) is 3.53. The van der Waals surface area contributed by atoms with Gasteiger partial charge in [0.25, 0.3) is 0 Å². The van der Waals surface area contributed by atoms with Crippen molar-refractivity contribution in [1.29, 1.82) is 0 Å². The summed E-state index contributed by atoms with van der Waals surface area (Å²) in [5.74, 6) is 0. The zero-order valence-corrected chi connectivity index (χ0v) is 9.69. The molecule has 3 nitrogen and oxygen atoms in total. The molecule has 0 radical (unpaired) electrons. The SMILES string of the molecule is CCCN1CCC(OC2CC(O)C2)CC1. The Morgan fingerprint density at radius 1 is 1.20 bits per heavy atom. The zero-order valence-electron chi connectivity index (χ0n) is 9.69. The lowest BCUT2D eigenvalue weighted by Gasteiger charge is -2.38. The summed E-state index contributed by atoms with van der Waals surface area (Å²) in [4.78, 5) is 2.52. The lowest BCUT2D eigenvalue weighted by molar-refractivity contribution is -0.116. The molecule has 2 rings (SSSR count). The molecule has 0 atom stereocenters. The Labute approximate surface area is 92.4 Å². The van der Waals surface area contributed by atoms with Gasteiger partial charge in [-0.15, -0.1) is 0 Å². The van der Waals surface area contributed by atoms with E-state index in [1.54, 1.807) is 0 Å². The lowest BCUT2D eigenvalue weighted by atomic mass is 9.92. The number of piperidine rings is 1. The third kappa shape index (κ3) is 3.16. The number of aliphatic hydroxyl groups excluding tert-OH is 1. The summed E-state index contributed by atoms with van der Waals surface area (Å²) in [6.45, 7) is 5.84. The number of rotatable bonds is 4. The van der Waals surface area contributed by atoms with Crippen molar-refractivity contribution >= 4 is 0 Å². The van der Waals surface area contributed by atoms with E-state index in [9.17, 15) is 5.11 Å². The van der Waals surface area contributed by atoms with Crippen LogP contribution in [0.4, 0.5) is 0 Å². The van der Waals surface area contributed by atoms with Gasteiger partial charge in [0.1, 0.15) is 0 Å². The Morgan fingerprint density at radius 2 is 1.87 bits per heavy atom. The van der Waals surface area contributed by atoms with Crippen molar-refractivity contribution in [2.24, 2.45) is 0 Å². The standard InChI is InChI=1S/C12H23NO2/c1-2-5-13-6-3-11(4-7-13)15-12-8-10(14)9-12/h10-12,14H,2-9H2,1H3. The summed E-state index contributed by atoms with van der Waals surface area (Å²) >= 11 is 0. The highest BCUT2D eigenvalue weighted by Crippen LogP contribution is 2.27. The predicted molar refractivity (Wildman–Crippen MR) is 59.9 cm³/mol. The van der Waals surface area contributed by atoms with Gasteiger partial charge >= 0.3 is 0 Å². The fraction of sp³-hybridized carbons (Fsp3) is 1.00. The average Bonchev–Trinajstić information content (AvgIpc) is 2.19. The van der Waals surface area contributed by atoms with E-state index in [0.717, 1.165) is 12.8 Å². The molecular formula is C12H23NO2. The number of likely N-dealkylation sites (tertiary alicyclic amines) is 1. The topological polar surface area (TPSA) is 32.7 Å². The molecule has 1 N–H and O–H groups in total. The lowest BCUT2D eigenvalue weighted by Crippen LogP contribution is -2.42. The first-order valence-corrected chi connectivity index (χ1v) is 6.33. The van der Waals surface area contributed by atoms with E-state index >= 15 is 0 Å². The van der Waals surface area contributed by atoms with Crippen molar-refractivity contribution in [3.05, 3.63) is 0 Å². The molecule has 0 unspecified atom stereocenters. The first kappa shape index (κ1) is 11.4. The molecule has 0 amide bonds. The molecular weight excluding hydrogens is 190 g/mol. The number of hydrogen-bond acceptors (Lipinski definition) is 3. The van der Waals surface area contributed by atoms with E-state index in [2.05, 4.69) is 11.8 Å². The molecule has 1 saturated carbocycles. The highest BCUT2D eigenvalue weighted by Gasteiger charge is 2.31. The summed E-state index contributed by atoms with van der Waals surface area (Å²) in [5.41, 5.74) is 0. The van der Waals surface area contributed by atoms with Crippen molar-refractivity contribution in [2.75, 3.05) is 19.6 Å². The van der Waals surface area contributed by atoms with E-state index in [0.29, 0.717) is 12.2 Å². The molecule has 0 bridgehead atoms. The highest BCUT2D eigenvalue weighted by atomic mass is 16.5. The van der Waals surface area contributed by atoms with Gasteiger partial charge in [0.2, 0.25) is 0 Å². The van der Waals surface area contributed by atoms with Crippen LogP contribution in [0.1, 0.15) is 39.0 Å². The van der Waals surface area contributed by atoms with Crippen LogP contribution < -0.4 is 0 Å². The Kier molecular flexibility index (Phi) is 4.00. The van der Waals surface area contributed by atoms with Crippen LogP contribution in [0.25, 0.3) is 0 Å². The minimum Gasteiger partial charge on any atom is -0.393 e. The van der Waals surface area contributed by atoms with Gasteiger partial charge < -0.3 is 14.7 Å².